The minimum absolute atomic E-state index is 0.168. The Kier molecular flexibility index (Phi) is 6.40. The zero-order chi connectivity index (χ0) is 23.5. The lowest BCUT2D eigenvalue weighted by molar-refractivity contribution is -0.148. The number of nitrogens with zero attached hydrogens (tertiary/aromatic N) is 3. The van der Waals surface area contributed by atoms with E-state index in [9.17, 15) is 9.59 Å². The summed E-state index contributed by atoms with van der Waals surface area (Å²) in [4.78, 5) is 29.3. The molecular formula is C26H28N4O3. The molecule has 1 amide bonds. The summed E-state index contributed by atoms with van der Waals surface area (Å²) in [5, 5.41) is 9.59. The number of carbonyl (C=O) groups excluding carboxylic acids is 2. The number of fused-ring (bicyclic) bond motifs is 2. The molecule has 0 saturated heterocycles. The van der Waals surface area contributed by atoms with Crippen LogP contribution in [0.1, 0.15) is 47.6 Å². The van der Waals surface area contributed by atoms with Crippen LogP contribution in [-0.4, -0.2) is 33.1 Å². The van der Waals surface area contributed by atoms with Crippen molar-refractivity contribution in [2.24, 2.45) is 0 Å². The van der Waals surface area contributed by atoms with Crippen LogP contribution in [0, 0.1) is 20.8 Å². The number of nitrogens with one attached hydrogen (secondary N) is 1. The summed E-state index contributed by atoms with van der Waals surface area (Å²) in [6, 6.07) is 15.8. The third kappa shape index (κ3) is 4.87. The number of rotatable bonds is 7. The van der Waals surface area contributed by atoms with Gasteiger partial charge in [-0.15, -0.1) is 0 Å². The molecule has 4 aromatic rings. The maximum absolute atomic E-state index is 12.4. The predicted octanol–water partition coefficient (Wildman–Crippen LogP) is 4.16. The molecule has 0 spiro atoms. The summed E-state index contributed by atoms with van der Waals surface area (Å²) in [5.74, 6) is -0.746. The maximum Gasteiger partial charge on any atom is 0.306 e. The van der Waals surface area contributed by atoms with E-state index in [1.807, 2.05) is 76.2 Å². The number of hydrogen-bond acceptors (Lipinski definition) is 5. The molecule has 170 valence electrons. The Morgan fingerprint density at radius 3 is 2.67 bits per heavy atom. The lowest BCUT2D eigenvalue weighted by Gasteiger charge is -2.17. The minimum Gasteiger partial charge on any atom is -0.456 e. The van der Waals surface area contributed by atoms with E-state index >= 15 is 0 Å². The first kappa shape index (κ1) is 22.5. The van der Waals surface area contributed by atoms with E-state index in [2.05, 4.69) is 15.4 Å². The van der Waals surface area contributed by atoms with Crippen LogP contribution in [0.2, 0.25) is 0 Å². The van der Waals surface area contributed by atoms with Gasteiger partial charge in [-0.1, -0.05) is 42.5 Å². The van der Waals surface area contributed by atoms with Gasteiger partial charge < -0.3 is 10.1 Å². The summed E-state index contributed by atoms with van der Waals surface area (Å²) in [7, 11) is 0. The molecule has 2 heterocycles. The van der Waals surface area contributed by atoms with E-state index in [0.29, 0.717) is 6.42 Å². The standard InChI is InChI=1S/C26H28N4O3/c1-16-14-24-27-17(2)21(19(4)30(24)29-16)12-13-26(32)33-15-25(31)28-18(3)22-11-7-9-20-8-5-6-10-23(20)22/h5-11,14,18H,12-13,15H2,1-4H3,(H,28,31). The van der Waals surface area contributed by atoms with Gasteiger partial charge >= 0.3 is 5.97 Å². The molecule has 1 N–H and O–H groups in total. The Morgan fingerprint density at radius 2 is 1.85 bits per heavy atom. The van der Waals surface area contributed by atoms with Gasteiger partial charge in [0.1, 0.15) is 0 Å². The van der Waals surface area contributed by atoms with Crippen LogP contribution in [0.15, 0.2) is 48.5 Å². The number of esters is 1. The van der Waals surface area contributed by atoms with Crippen molar-refractivity contribution in [3.05, 3.63) is 76.7 Å². The normalized spacial score (nSPS) is 12.1. The first-order valence-corrected chi connectivity index (χ1v) is 11.1. The van der Waals surface area contributed by atoms with E-state index in [1.165, 1.54) is 0 Å². The second kappa shape index (κ2) is 9.40. The van der Waals surface area contributed by atoms with Gasteiger partial charge in [-0.25, -0.2) is 9.50 Å². The Bertz CT molecular complexity index is 1340. The van der Waals surface area contributed by atoms with Crippen LogP contribution in [0.5, 0.6) is 0 Å². The Labute approximate surface area is 192 Å². The number of aryl methyl sites for hydroxylation is 3. The van der Waals surface area contributed by atoms with Gasteiger partial charge in [0.15, 0.2) is 12.3 Å². The first-order valence-electron chi connectivity index (χ1n) is 11.1. The highest BCUT2D eigenvalue weighted by Crippen LogP contribution is 2.24. The van der Waals surface area contributed by atoms with Gasteiger partial charge in [-0.05, 0) is 56.0 Å². The predicted molar refractivity (Wildman–Crippen MR) is 127 cm³/mol. The molecule has 33 heavy (non-hydrogen) atoms. The van der Waals surface area contributed by atoms with Crippen LogP contribution in [0.4, 0.5) is 0 Å². The molecule has 0 fully saturated rings. The molecule has 1 unspecified atom stereocenters. The first-order chi connectivity index (χ1) is 15.8. The number of amides is 1. The molecule has 2 aromatic heterocycles. The fourth-order valence-electron chi connectivity index (χ4n) is 4.24. The van der Waals surface area contributed by atoms with E-state index in [1.54, 1.807) is 4.52 Å². The highest BCUT2D eigenvalue weighted by Gasteiger charge is 2.16. The molecule has 0 aliphatic rings. The summed E-state index contributed by atoms with van der Waals surface area (Å²) in [6.45, 7) is 7.44. The largest absolute Gasteiger partial charge is 0.456 e. The monoisotopic (exact) mass is 444 g/mol. The quantitative estimate of drug-likeness (QED) is 0.433. The van der Waals surface area contributed by atoms with E-state index in [0.717, 1.165) is 44.6 Å². The molecule has 7 nitrogen and oxygen atoms in total. The Morgan fingerprint density at radius 1 is 1.09 bits per heavy atom. The summed E-state index contributed by atoms with van der Waals surface area (Å²) in [6.07, 6.45) is 0.646. The van der Waals surface area contributed by atoms with Crippen LogP contribution in [-0.2, 0) is 20.7 Å². The molecular weight excluding hydrogens is 416 g/mol. The van der Waals surface area contributed by atoms with Crippen molar-refractivity contribution in [3.8, 4) is 0 Å². The molecule has 7 heteroatoms. The SMILES string of the molecule is Cc1cc2nc(C)c(CCC(=O)OCC(=O)NC(C)c3cccc4ccccc34)c(C)n2n1. The van der Waals surface area contributed by atoms with Crippen molar-refractivity contribution in [3.63, 3.8) is 0 Å². The summed E-state index contributed by atoms with van der Waals surface area (Å²) >= 11 is 0. The highest BCUT2D eigenvalue weighted by atomic mass is 16.5. The number of aromatic nitrogens is 3. The molecule has 1 atom stereocenters. The fraction of sp³-hybridized carbons (Fsp3) is 0.308. The van der Waals surface area contributed by atoms with Crippen molar-refractivity contribution >= 4 is 28.3 Å². The van der Waals surface area contributed by atoms with Crippen LogP contribution < -0.4 is 5.32 Å². The third-order valence-corrected chi connectivity index (χ3v) is 5.90. The smallest absolute Gasteiger partial charge is 0.306 e. The average Bonchev–Trinajstić information content (AvgIpc) is 3.17. The van der Waals surface area contributed by atoms with Gasteiger partial charge in [0, 0.05) is 23.9 Å². The molecule has 0 aliphatic heterocycles. The van der Waals surface area contributed by atoms with Crippen molar-refractivity contribution < 1.29 is 14.3 Å². The van der Waals surface area contributed by atoms with E-state index in [4.69, 9.17) is 4.74 Å². The molecule has 0 bridgehead atoms. The molecule has 0 saturated carbocycles. The van der Waals surface area contributed by atoms with Crippen LogP contribution >= 0.6 is 0 Å². The molecule has 4 rings (SSSR count). The molecule has 0 aliphatic carbocycles. The van der Waals surface area contributed by atoms with Crippen molar-refractivity contribution in [1.29, 1.82) is 0 Å². The topological polar surface area (TPSA) is 85.6 Å². The minimum atomic E-state index is -0.418. The lowest BCUT2D eigenvalue weighted by Crippen LogP contribution is -2.31. The van der Waals surface area contributed by atoms with Gasteiger partial charge in [0.25, 0.3) is 5.91 Å². The van der Waals surface area contributed by atoms with Crippen LogP contribution in [0.3, 0.4) is 0 Å². The number of ether oxygens (including phenoxy) is 1. The third-order valence-electron chi connectivity index (χ3n) is 5.90. The van der Waals surface area contributed by atoms with Crippen molar-refractivity contribution in [2.45, 2.75) is 46.6 Å². The van der Waals surface area contributed by atoms with E-state index < -0.39 is 5.97 Å². The second-order valence-corrected chi connectivity index (χ2v) is 8.34. The Balaban J connectivity index is 1.32. The average molecular weight is 445 g/mol. The van der Waals surface area contributed by atoms with Crippen LogP contribution in [0.25, 0.3) is 16.4 Å². The maximum atomic E-state index is 12.4. The summed E-state index contributed by atoms with van der Waals surface area (Å²) < 4.78 is 7.02. The lowest BCUT2D eigenvalue weighted by atomic mass is 10.00. The van der Waals surface area contributed by atoms with Crippen molar-refractivity contribution in [1.82, 2.24) is 19.9 Å². The van der Waals surface area contributed by atoms with Gasteiger partial charge in [-0.3, -0.25) is 9.59 Å². The Hall–Kier alpha value is -3.74. The van der Waals surface area contributed by atoms with E-state index in [-0.39, 0.29) is 25.0 Å². The van der Waals surface area contributed by atoms with Gasteiger partial charge in [0.05, 0.1) is 11.7 Å². The number of hydrogen-bond donors (Lipinski definition) is 1. The molecule has 0 radical (unpaired) electrons. The zero-order valence-corrected chi connectivity index (χ0v) is 19.4. The number of carbonyl (C=O) groups is 2. The van der Waals surface area contributed by atoms with Gasteiger partial charge in [-0.2, -0.15) is 5.10 Å². The number of benzene rings is 2. The van der Waals surface area contributed by atoms with Gasteiger partial charge in [0.2, 0.25) is 0 Å². The van der Waals surface area contributed by atoms with Crippen molar-refractivity contribution in [2.75, 3.05) is 6.61 Å². The fourth-order valence-corrected chi connectivity index (χ4v) is 4.24. The second-order valence-electron chi connectivity index (χ2n) is 8.34. The highest BCUT2D eigenvalue weighted by molar-refractivity contribution is 5.87. The summed E-state index contributed by atoms with van der Waals surface area (Å²) in [5.41, 5.74) is 5.51. The molecule has 2 aromatic carbocycles. The zero-order valence-electron chi connectivity index (χ0n) is 19.4.